The van der Waals surface area contributed by atoms with E-state index in [9.17, 15) is 19.2 Å². The van der Waals surface area contributed by atoms with Gasteiger partial charge in [0.2, 0.25) is 0 Å². The quantitative estimate of drug-likeness (QED) is 0.0507. The molecule has 0 N–H and O–H groups in total. The number of hydrogen-bond donors (Lipinski definition) is 0. The Balaban J connectivity index is 0.000000461. The first kappa shape index (κ1) is 40.9. The molecular weight excluding hydrogens is 809 g/mol. The van der Waals surface area contributed by atoms with Crippen LogP contribution in [-0.4, -0.2) is 52.3 Å². The van der Waals surface area contributed by atoms with Gasteiger partial charge in [-0.25, -0.2) is 19.2 Å². The SMILES string of the molecule is COC(=O)c1ccccc1N=N[N-]c1ccccc1C(=O)OC.COC(=O)c1ccccc1N=N[N-]c1ccccc1C(=O)OC.[Pd].[Pd]. The van der Waals surface area contributed by atoms with Crippen LogP contribution >= 0.6 is 0 Å². The summed E-state index contributed by atoms with van der Waals surface area (Å²) in [4.78, 5) is 46.5. The molecule has 0 aromatic heterocycles. The standard InChI is InChI=1S/2C16H15N3O4.2Pd/c2*1-22-15(20)11-7-3-5-9-13(11)17-19-18-14-10-6-4-8-12(14)16(21)23-2;;/h2*3-10H,1-2H3,(H,17,18,20,21);;/p-2. The third-order valence-electron chi connectivity index (χ3n) is 5.85. The molecule has 14 nitrogen and oxygen atoms in total. The topological polar surface area (TPSA) is 183 Å². The average molecular weight is 837 g/mol. The number of ether oxygens (including phenoxy) is 4. The molecule has 0 saturated heterocycles. The van der Waals surface area contributed by atoms with Gasteiger partial charge in [0, 0.05) is 40.8 Å². The maximum atomic E-state index is 11.6. The van der Waals surface area contributed by atoms with Crippen molar-refractivity contribution < 1.29 is 79.0 Å². The van der Waals surface area contributed by atoms with Crippen molar-refractivity contribution in [3.63, 3.8) is 0 Å². The predicted octanol–water partition coefficient (Wildman–Crippen LogP) is 7.92. The van der Waals surface area contributed by atoms with E-state index in [0.29, 0.717) is 22.7 Å². The van der Waals surface area contributed by atoms with Gasteiger partial charge in [-0.3, -0.25) is 10.4 Å². The Kier molecular flexibility index (Phi) is 18.4. The molecule has 0 aliphatic heterocycles. The van der Waals surface area contributed by atoms with Crippen LogP contribution in [-0.2, 0) is 59.8 Å². The summed E-state index contributed by atoms with van der Waals surface area (Å²) in [5.41, 5.74) is 10.2. The van der Waals surface area contributed by atoms with Crippen LogP contribution in [0.3, 0.4) is 0 Å². The molecule has 0 aliphatic carbocycles. The van der Waals surface area contributed by atoms with Gasteiger partial charge in [0.15, 0.2) is 0 Å². The van der Waals surface area contributed by atoms with E-state index in [0.717, 1.165) is 0 Å². The summed E-state index contributed by atoms with van der Waals surface area (Å²) >= 11 is 0. The summed E-state index contributed by atoms with van der Waals surface area (Å²) in [5.74, 6) is -2.08. The smallest absolute Gasteiger partial charge is 0.338 e. The zero-order valence-corrected chi connectivity index (χ0v) is 28.9. The molecule has 4 aromatic rings. The molecule has 0 heterocycles. The third kappa shape index (κ3) is 11.6. The maximum Gasteiger partial charge on any atom is 0.338 e. The maximum absolute atomic E-state index is 11.6. The van der Waals surface area contributed by atoms with Crippen molar-refractivity contribution in [2.45, 2.75) is 0 Å². The first-order chi connectivity index (χ1) is 22.3. The van der Waals surface area contributed by atoms with Gasteiger partial charge < -0.3 is 40.0 Å². The number of hydrogen-bond acceptors (Lipinski definition) is 12. The van der Waals surface area contributed by atoms with E-state index >= 15 is 0 Å². The van der Waals surface area contributed by atoms with Gasteiger partial charge in [-0.15, -0.1) is 0 Å². The second-order valence-electron chi connectivity index (χ2n) is 8.61. The van der Waals surface area contributed by atoms with Crippen molar-refractivity contribution in [1.82, 2.24) is 0 Å². The Hall–Kier alpha value is -5.12. The molecule has 256 valence electrons. The molecule has 0 spiro atoms. The molecule has 0 atom stereocenters. The Morgan fingerprint density at radius 3 is 1.04 bits per heavy atom. The minimum atomic E-state index is -0.519. The van der Waals surface area contributed by atoms with Gasteiger partial charge in [-0.1, -0.05) is 72.8 Å². The second kappa shape index (κ2) is 21.6. The molecule has 0 amide bonds. The monoisotopic (exact) mass is 836 g/mol. The number of esters is 4. The van der Waals surface area contributed by atoms with Gasteiger partial charge in [0.1, 0.15) is 0 Å². The summed E-state index contributed by atoms with van der Waals surface area (Å²) in [6.45, 7) is 0. The van der Waals surface area contributed by atoms with Gasteiger partial charge in [0.25, 0.3) is 0 Å². The van der Waals surface area contributed by atoms with Crippen LogP contribution in [0.1, 0.15) is 41.4 Å². The number of carbonyl (C=O) groups is 4. The molecule has 0 fully saturated rings. The van der Waals surface area contributed by atoms with E-state index in [-0.39, 0.29) is 63.1 Å². The molecule has 48 heavy (non-hydrogen) atoms. The minimum Gasteiger partial charge on any atom is -0.465 e. The first-order valence-corrected chi connectivity index (χ1v) is 13.3. The fraction of sp³-hybridized carbons (Fsp3) is 0.125. The van der Waals surface area contributed by atoms with E-state index in [1.165, 1.54) is 28.4 Å². The van der Waals surface area contributed by atoms with Gasteiger partial charge >= 0.3 is 23.9 Å². The summed E-state index contributed by atoms with van der Waals surface area (Å²) in [7, 11) is 5.14. The number of rotatable bonds is 10. The Labute approximate surface area is 303 Å². The largest absolute Gasteiger partial charge is 0.465 e. The van der Waals surface area contributed by atoms with Crippen molar-refractivity contribution in [1.29, 1.82) is 0 Å². The van der Waals surface area contributed by atoms with Crippen LogP contribution in [0.15, 0.2) is 118 Å². The normalized spacial score (nSPS) is 9.92. The molecule has 0 saturated carbocycles. The second-order valence-corrected chi connectivity index (χ2v) is 8.61. The average Bonchev–Trinajstić information content (AvgIpc) is 3.11. The van der Waals surface area contributed by atoms with Crippen molar-refractivity contribution in [2.24, 2.45) is 20.7 Å². The van der Waals surface area contributed by atoms with E-state index in [2.05, 4.69) is 50.5 Å². The van der Waals surface area contributed by atoms with Crippen molar-refractivity contribution in [3.05, 3.63) is 130 Å². The molecule has 16 heteroatoms. The number of methoxy groups -OCH3 is 4. The van der Waals surface area contributed by atoms with Crippen molar-refractivity contribution in [2.75, 3.05) is 28.4 Å². The van der Waals surface area contributed by atoms with Crippen LogP contribution in [0.4, 0.5) is 22.7 Å². The molecule has 4 aromatic carbocycles. The van der Waals surface area contributed by atoms with E-state index in [1.54, 1.807) is 97.1 Å². The van der Waals surface area contributed by atoms with Crippen molar-refractivity contribution >= 4 is 46.6 Å². The van der Waals surface area contributed by atoms with Crippen LogP contribution in [0, 0.1) is 0 Å². The molecule has 0 unspecified atom stereocenters. The summed E-state index contributed by atoms with van der Waals surface area (Å²) in [6, 6.07) is 26.3. The number of benzene rings is 4. The Bertz CT molecular complexity index is 1630. The molecular formula is C32H28N6O8Pd2-2. The third-order valence-corrected chi connectivity index (χ3v) is 5.85. The summed E-state index contributed by atoms with van der Waals surface area (Å²) < 4.78 is 18.7. The zero-order valence-electron chi connectivity index (χ0n) is 25.8. The summed E-state index contributed by atoms with van der Waals surface area (Å²) in [5, 5.41) is 15.2. The fourth-order valence-corrected chi connectivity index (χ4v) is 3.61. The molecule has 0 aliphatic rings. The summed E-state index contributed by atoms with van der Waals surface area (Å²) in [6.07, 6.45) is 0. The van der Waals surface area contributed by atoms with Crippen molar-refractivity contribution in [3.8, 4) is 0 Å². The van der Waals surface area contributed by atoms with Gasteiger partial charge in [-0.2, -0.15) is 0 Å². The Morgan fingerprint density at radius 2 is 0.708 bits per heavy atom. The van der Waals surface area contributed by atoms with Crippen LogP contribution in [0.5, 0.6) is 0 Å². The van der Waals surface area contributed by atoms with Crippen LogP contribution < -0.4 is 0 Å². The zero-order chi connectivity index (χ0) is 33.3. The van der Waals surface area contributed by atoms with Crippen LogP contribution in [0.25, 0.3) is 10.9 Å². The number of carbonyl (C=O) groups excluding carboxylic acids is 4. The molecule has 4 rings (SSSR count). The van der Waals surface area contributed by atoms with Gasteiger partial charge in [0.05, 0.1) is 50.7 Å². The van der Waals surface area contributed by atoms with Gasteiger partial charge in [-0.05, 0) is 47.0 Å². The van der Waals surface area contributed by atoms with E-state index < -0.39 is 23.9 Å². The minimum absolute atomic E-state index is 0. The molecule has 0 bridgehead atoms. The fourth-order valence-electron chi connectivity index (χ4n) is 3.61. The Morgan fingerprint density at radius 1 is 0.438 bits per heavy atom. The molecule has 0 radical (unpaired) electrons. The van der Waals surface area contributed by atoms with E-state index in [4.69, 9.17) is 0 Å². The number of nitrogens with zero attached hydrogens (tertiary/aromatic N) is 6. The van der Waals surface area contributed by atoms with E-state index in [1.807, 2.05) is 0 Å². The first-order valence-electron chi connectivity index (χ1n) is 13.3. The van der Waals surface area contributed by atoms with Crippen LogP contribution in [0.2, 0.25) is 0 Å². The predicted molar refractivity (Wildman–Crippen MR) is 166 cm³/mol.